The lowest BCUT2D eigenvalue weighted by atomic mass is 9.88. The fourth-order valence-electron chi connectivity index (χ4n) is 1.21. The molecule has 1 amide bonds. The topological polar surface area (TPSA) is 66.4 Å². The van der Waals surface area contributed by atoms with E-state index in [1.54, 1.807) is 20.8 Å². The SMILES string of the molecule is CC(C)(C)CC[C@H](NC(=O)C(C)(C)C)C(=O)O. The normalized spacial score (nSPS) is 14.2. The number of carboxylic acids is 1. The summed E-state index contributed by atoms with van der Waals surface area (Å²) in [6.45, 7) is 11.5. The first-order valence-corrected chi connectivity index (χ1v) is 5.97. The predicted molar refractivity (Wildman–Crippen MR) is 67.7 cm³/mol. The van der Waals surface area contributed by atoms with Gasteiger partial charge in [-0.3, -0.25) is 4.79 Å². The van der Waals surface area contributed by atoms with Gasteiger partial charge in [-0.25, -0.2) is 4.79 Å². The molecule has 17 heavy (non-hydrogen) atoms. The summed E-state index contributed by atoms with van der Waals surface area (Å²) >= 11 is 0. The largest absolute Gasteiger partial charge is 0.480 e. The number of rotatable bonds is 4. The maximum atomic E-state index is 11.7. The van der Waals surface area contributed by atoms with Crippen LogP contribution in [0.3, 0.4) is 0 Å². The summed E-state index contributed by atoms with van der Waals surface area (Å²) in [4.78, 5) is 22.8. The first-order chi connectivity index (χ1) is 7.43. The Balaban J connectivity index is 4.47. The molecule has 0 aliphatic carbocycles. The maximum absolute atomic E-state index is 11.7. The molecule has 0 aliphatic heterocycles. The number of hydrogen-bond acceptors (Lipinski definition) is 2. The van der Waals surface area contributed by atoms with Gasteiger partial charge >= 0.3 is 5.97 Å². The number of nitrogens with one attached hydrogen (secondary N) is 1. The molecule has 0 rings (SSSR count). The van der Waals surface area contributed by atoms with E-state index in [9.17, 15) is 9.59 Å². The molecule has 0 unspecified atom stereocenters. The van der Waals surface area contributed by atoms with Crippen LogP contribution in [0.1, 0.15) is 54.4 Å². The van der Waals surface area contributed by atoms with E-state index in [4.69, 9.17) is 5.11 Å². The lowest BCUT2D eigenvalue weighted by Gasteiger charge is -2.24. The molecule has 4 nitrogen and oxygen atoms in total. The standard InChI is InChI=1S/C13H25NO3/c1-12(2,3)8-7-9(10(15)16)14-11(17)13(4,5)6/h9H,7-8H2,1-6H3,(H,14,17)(H,15,16)/t9-/m0/s1. The number of carbonyl (C=O) groups excluding carboxylic acids is 1. The van der Waals surface area contributed by atoms with Gasteiger partial charge in [-0.1, -0.05) is 41.5 Å². The molecule has 0 saturated carbocycles. The molecule has 0 aromatic heterocycles. The van der Waals surface area contributed by atoms with E-state index >= 15 is 0 Å². The van der Waals surface area contributed by atoms with Crippen molar-refractivity contribution in [2.24, 2.45) is 10.8 Å². The van der Waals surface area contributed by atoms with Crippen LogP contribution in [-0.4, -0.2) is 23.0 Å². The highest BCUT2D eigenvalue weighted by Crippen LogP contribution is 2.22. The van der Waals surface area contributed by atoms with Gasteiger partial charge < -0.3 is 10.4 Å². The summed E-state index contributed by atoms with van der Waals surface area (Å²) in [5.74, 6) is -1.19. The Bertz CT molecular complexity index is 284. The van der Waals surface area contributed by atoms with E-state index < -0.39 is 17.4 Å². The first-order valence-electron chi connectivity index (χ1n) is 5.97. The molecule has 0 heterocycles. The van der Waals surface area contributed by atoms with Crippen molar-refractivity contribution in [3.05, 3.63) is 0 Å². The smallest absolute Gasteiger partial charge is 0.326 e. The molecule has 100 valence electrons. The Morgan fingerprint density at radius 1 is 1.12 bits per heavy atom. The molecular weight excluding hydrogens is 218 g/mol. The van der Waals surface area contributed by atoms with Crippen molar-refractivity contribution in [3.63, 3.8) is 0 Å². The molecule has 0 spiro atoms. The summed E-state index contributed by atoms with van der Waals surface area (Å²) < 4.78 is 0. The third-order valence-corrected chi connectivity index (χ3v) is 2.47. The molecule has 0 radical (unpaired) electrons. The Labute approximate surface area is 104 Å². The quantitative estimate of drug-likeness (QED) is 0.797. The van der Waals surface area contributed by atoms with Gasteiger partial charge in [-0.05, 0) is 18.3 Å². The van der Waals surface area contributed by atoms with E-state index in [1.165, 1.54) is 0 Å². The van der Waals surface area contributed by atoms with Crippen molar-refractivity contribution in [1.82, 2.24) is 5.32 Å². The van der Waals surface area contributed by atoms with Gasteiger partial charge in [0.15, 0.2) is 0 Å². The zero-order valence-corrected chi connectivity index (χ0v) is 11.8. The molecule has 0 aromatic carbocycles. The predicted octanol–water partition coefficient (Wildman–Crippen LogP) is 2.43. The highest BCUT2D eigenvalue weighted by molar-refractivity contribution is 5.86. The van der Waals surface area contributed by atoms with Crippen molar-refractivity contribution < 1.29 is 14.7 Å². The van der Waals surface area contributed by atoms with Crippen LogP contribution in [0.4, 0.5) is 0 Å². The Hall–Kier alpha value is -1.06. The number of aliphatic carboxylic acids is 1. The molecule has 0 fully saturated rings. The van der Waals surface area contributed by atoms with Crippen LogP contribution in [0.25, 0.3) is 0 Å². The van der Waals surface area contributed by atoms with Gasteiger partial charge in [0.1, 0.15) is 6.04 Å². The van der Waals surface area contributed by atoms with Gasteiger partial charge in [-0.2, -0.15) is 0 Å². The lowest BCUT2D eigenvalue weighted by molar-refractivity contribution is -0.143. The minimum atomic E-state index is -0.966. The summed E-state index contributed by atoms with van der Waals surface area (Å²) in [6, 6.07) is -0.791. The molecular formula is C13H25NO3. The monoisotopic (exact) mass is 243 g/mol. The number of carbonyl (C=O) groups is 2. The van der Waals surface area contributed by atoms with Crippen LogP contribution in [0.15, 0.2) is 0 Å². The Morgan fingerprint density at radius 2 is 1.59 bits per heavy atom. The van der Waals surface area contributed by atoms with E-state index in [-0.39, 0.29) is 11.3 Å². The highest BCUT2D eigenvalue weighted by Gasteiger charge is 2.28. The fraction of sp³-hybridized carbons (Fsp3) is 0.846. The van der Waals surface area contributed by atoms with E-state index in [2.05, 4.69) is 26.1 Å². The van der Waals surface area contributed by atoms with Crippen LogP contribution in [0, 0.1) is 10.8 Å². The van der Waals surface area contributed by atoms with Gasteiger partial charge in [0, 0.05) is 5.41 Å². The van der Waals surface area contributed by atoms with Crippen molar-refractivity contribution in [3.8, 4) is 0 Å². The van der Waals surface area contributed by atoms with Gasteiger partial charge in [-0.15, -0.1) is 0 Å². The summed E-state index contributed by atoms with van der Waals surface area (Å²) in [5, 5.41) is 11.7. The number of hydrogen-bond donors (Lipinski definition) is 2. The van der Waals surface area contributed by atoms with Crippen LogP contribution in [-0.2, 0) is 9.59 Å². The van der Waals surface area contributed by atoms with Crippen molar-refractivity contribution >= 4 is 11.9 Å². The maximum Gasteiger partial charge on any atom is 0.326 e. The zero-order chi connectivity index (χ0) is 13.9. The third-order valence-electron chi connectivity index (χ3n) is 2.47. The summed E-state index contributed by atoms with van der Waals surface area (Å²) in [5.41, 5.74) is -0.490. The first kappa shape index (κ1) is 15.9. The zero-order valence-electron chi connectivity index (χ0n) is 11.8. The van der Waals surface area contributed by atoms with Crippen LogP contribution < -0.4 is 5.32 Å². The Kier molecular flexibility index (Phi) is 5.17. The second kappa shape index (κ2) is 5.52. The van der Waals surface area contributed by atoms with Crippen LogP contribution in [0.5, 0.6) is 0 Å². The van der Waals surface area contributed by atoms with E-state index in [0.29, 0.717) is 6.42 Å². The average molecular weight is 243 g/mol. The van der Waals surface area contributed by atoms with Crippen molar-refractivity contribution in [2.45, 2.75) is 60.4 Å². The molecule has 0 aromatic rings. The second-order valence-corrected chi connectivity index (χ2v) is 6.71. The summed E-state index contributed by atoms with van der Waals surface area (Å²) in [7, 11) is 0. The fourth-order valence-corrected chi connectivity index (χ4v) is 1.21. The minimum absolute atomic E-state index is 0.0696. The second-order valence-electron chi connectivity index (χ2n) is 6.71. The molecule has 0 saturated heterocycles. The highest BCUT2D eigenvalue weighted by atomic mass is 16.4. The Morgan fingerprint density at radius 3 is 1.88 bits per heavy atom. The third kappa shape index (κ3) is 6.97. The molecule has 2 N–H and O–H groups in total. The molecule has 0 aliphatic rings. The van der Waals surface area contributed by atoms with Gasteiger partial charge in [0.2, 0.25) is 5.91 Å². The van der Waals surface area contributed by atoms with Crippen molar-refractivity contribution in [1.29, 1.82) is 0 Å². The minimum Gasteiger partial charge on any atom is -0.480 e. The molecule has 0 bridgehead atoms. The number of amides is 1. The van der Waals surface area contributed by atoms with Gasteiger partial charge in [0.25, 0.3) is 0 Å². The van der Waals surface area contributed by atoms with Crippen LogP contribution >= 0.6 is 0 Å². The van der Waals surface area contributed by atoms with Gasteiger partial charge in [0.05, 0.1) is 0 Å². The van der Waals surface area contributed by atoms with Crippen LogP contribution in [0.2, 0.25) is 0 Å². The summed E-state index contributed by atoms with van der Waals surface area (Å²) in [6.07, 6.45) is 1.22. The van der Waals surface area contributed by atoms with Crippen molar-refractivity contribution in [2.75, 3.05) is 0 Å². The lowest BCUT2D eigenvalue weighted by Crippen LogP contribution is -2.46. The number of carboxylic acid groups (broad SMARTS) is 1. The van der Waals surface area contributed by atoms with E-state index in [0.717, 1.165) is 6.42 Å². The average Bonchev–Trinajstić information content (AvgIpc) is 2.07. The van der Waals surface area contributed by atoms with E-state index in [1.807, 2.05) is 0 Å². The molecule has 4 heteroatoms. The molecule has 1 atom stereocenters.